The summed E-state index contributed by atoms with van der Waals surface area (Å²) in [7, 11) is -3.51. The molecule has 0 bridgehead atoms. The van der Waals surface area contributed by atoms with E-state index in [4.69, 9.17) is 28.9 Å². The predicted molar refractivity (Wildman–Crippen MR) is 80.7 cm³/mol. The number of nitrogens with zero attached hydrogens (tertiary/aromatic N) is 2. The minimum atomic E-state index is -3.51. The summed E-state index contributed by atoms with van der Waals surface area (Å²) in [6, 6.07) is 4.38. The first-order valence-corrected chi connectivity index (χ1v) is 8.52. The molecule has 20 heavy (non-hydrogen) atoms. The lowest BCUT2D eigenvalue weighted by Crippen LogP contribution is -2.49. The van der Waals surface area contributed by atoms with Crippen LogP contribution in [0, 0.1) is 0 Å². The highest BCUT2D eigenvalue weighted by Gasteiger charge is 2.28. The average molecular weight is 338 g/mol. The quantitative estimate of drug-likeness (QED) is 0.898. The van der Waals surface area contributed by atoms with Gasteiger partial charge in [0, 0.05) is 39.3 Å². The zero-order valence-electron chi connectivity index (χ0n) is 10.9. The van der Waals surface area contributed by atoms with Gasteiger partial charge in [-0.1, -0.05) is 23.2 Å². The molecule has 1 aliphatic heterocycles. The maximum atomic E-state index is 12.5. The highest BCUT2D eigenvalue weighted by molar-refractivity contribution is 7.89. The van der Waals surface area contributed by atoms with Crippen molar-refractivity contribution in [2.24, 2.45) is 5.73 Å². The average Bonchev–Trinajstić information content (AvgIpc) is 2.43. The fourth-order valence-electron chi connectivity index (χ4n) is 2.16. The van der Waals surface area contributed by atoms with Crippen molar-refractivity contribution in [3.8, 4) is 0 Å². The van der Waals surface area contributed by atoms with Gasteiger partial charge in [-0.05, 0) is 18.2 Å². The van der Waals surface area contributed by atoms with Gasteiger partial charge in [-0.15, -0.1) is 0 Å². The summed E-state index contributed by atoms with van der Waals surface area (Å²) in [5.41, 5.74) is 5.50. The number of hydrogen-bond donors (Lipinski definition) is 1. The van der Waals surface area contributed by atoms with Gasteiger partial charge in [0.1, 0.15) is 0 Å². The van der Waals surface area contributed by atoms with Crippen molar-refractivity contribution in [1.82, 2.24) is 9.21 Å². The summed E-state index contributed by atoms with van der Waals surface area (Å²) in [6.07, 6.45) is 0. The van der Waals surface area contributed by atoms with Crippen LogP contribution in [-0.4, -0.2) is 56.9 Å². The summed E-state index contributed by atoms with van der Waals surface area (Å²) < 4.78 is 26.5. The van der Waals surface area contributed by atoms with Crippen LogP contribution in [0.4, 0.5) is 0 Å². The van der Waals surface area contributed by atoms with Gasteiger partial charge in [0.05, 0.1) is 14.9 Å². The summed E-state index contributed by atoms with van der Waals surface area (Å²) in [6.45, 7) is 3.68. The normalized spacial score (nSPS) is 18.4. The van der Waals surface area contributed by atoms with Crippen LogP contribution < -0.4 is 5.73 Å². The zero-order valence-corrected chi connectivity index (χ0v) is 13.3. The highest BCUT2D eigenvalue weighted by Crippen LogP contribution is 2.26. The number of nitrogens with two attached hydrogens (primary N) is 1. The van der Waals surface area contributed by atoms with Crippen molar-refractivity contribution in [2.45, 2.75) is 4.90 Å². The van der Waals surface area contributed by atoms with Gasteiger partial charge in [-0.25, -0.2) is 8.42 Å². The van der Waals surface area contributed by atoms with E-state index in [1.165, 1.54) is 22.5 Å². The van der Waals surface area contributed by atoms with Crippen LogP contribution in [0.5, 0.6) is 0 Å². The zero-order chi connectivity index (χ0) is 14.8. The van der Waals surface area contributed by atoms with E-state index in [0.29, 0.717) is 37.7 Å². The Bertz CT molecular complexity index is 572. The molecule has 8 heteroatoms. The molecule has 5 nitrogen and oxygen atoms in total. The molecule has 1 aromatic carbocycles. The molecule has 0 amide bonds. The topological polar surface area (TPSA) is 66.6 Å². The Balaban J connectivity index is 2.13. The van der Waals surface area contributed by atoms with Crippen molar-refractivity contribution in [2.75, 3.05) is 39.3 Å². The van der Waals surface area contributed by atoms with Crippen molar-refractivity contribution in [3.05, 3.63) is 28.2 Å². The molecular formula is C12H17Cl2N3O2S. The number of benzene rings is 1. The number of rotatable bonds is 4. The van der Waals surface area contributed by atoms with Crippen LogP contribution >= 0.6 is 23.2 Å². The van der Waals surface area contributed by atoms with Gasteiger partial charge in [0.15, 0.2) is 0 Å². The largest absolute Gasteiger partial charge is 0.329 e. The summed E-state index contributed by atoms with van der Waals surface area (Å²) in [5.74, 6) is 0. The van der Waals surface area contributed by atoms with E-state index in [1.807, 2.05) is 0 Å². The highest BCUT2D eigenvalue weighted by atomic mass is 35.5. The van der Waals surface area contributed by atoms with E-state index in [1.54, 1.807) is 0 Å². The predicted octanol–water partition coefficient (Wildman–Crippen LogP) is 1.26. The fraction of sp³-hybridized carbons (Fsp3) is 0.500. The Morgan fingerprint density at radius 2 is 1.75 bits per heavy atom. The monoisotopic (exact) mass is 337 g/mol. The molecule has 0 unspecified atom stereocenters. The van der Waals surface area contributed by atoms with E-state index in [-0.39, 0.29) is 9.92 Å². The van der Waals surface area contributed by atoms with Gasteiger partial charge in [0.2, 0.25) is 10.0 Å². The molecule has 0 radical (unpaired) electrons. The van der Waals surface area contributed by atoms with Crippen molar-refractivity contribution in [1.29, 1.82) is 0 Å². The molecule has 112 valence electrons. The maximum Gasteiger partial charge on any atom is 0.243 e. The van der Waals surface area contributed by atoms with Crippen LogP contribution in [0.2, 0.25) is 10.0 Å². The van der Waals surface area contributed by atoms with Crippen LogP contribution in [0.15, 0.2) is 23.1 Å². The Morgan fingerprint density at radius 3 is 2.30 bits per heavy atom. The summed E-state index contributed by atoms with van der Waals surface area (Å²) in [4.78, 5) is 2.33. The van der Waals surface area contributed by atoms with E-state index < -0.39 is 10.0 Å². The van der Waals surface area contributed by atoms with E-state index >= 15 is 0 Å². The second-order valence-corrected chi connectivity index (χ2v) is 7.36. The Kier molecular flexibility index (Phi) is 5.28. The van der Waals surface area contributed by atoms with E-state index in [0.717, 1.165) is 6.54 Å². The second kappa shape index (κ2) is 6.60. The van der Waals surface area contributed by atoms with Crippen LogP contribution in [0.25, 0.3) is 0 Å². The Labute approximate surface area is 129 Å². The molecule has 1 saturated heterocycles. The Morgan fingerprint density at radius 1 is 1.10 bits per heavy atom. The van der Waals surface area contributed by atoms with Gasteiger partial charge >= 0.3 is 0 Å². The molecule has 2 N–H and O–H groups in total. The van der Waals surface area contributed by atoms with Crippen LogP contribution in [-0.2, 0) is 10.0 Å². The Hall–Kier alpha value is -0.370. The minimum Gasteiger partial charge on any atom is -0.329 e. The lowest BCUT2D eigenvalue weighted by molar-refractivity contribution is 0.192. The van der Waals surface area contributed by atoms with E-state index in [9.17, 15) is 8.42 Å². The van der Waals surface area contributed by atoms with E-state index in [2.05, 4.69) is 4.90 Å². The molecule has 0 atom stereocenters. The number of piperazine rings is 1. The lowest BCUT2D eigenvalue weighted by atomic mass is 10.3. The second-order valence-electron chi connectivity index (χ2n) is 4.61. The standard InChI is InChI=1S/C12H17Cl2N3O2S/c13-11-2-1-10(9-12(11)14)20(18,19)17-7-5-16(4-3-15)6-8-17/h1-2,9H,3-8,15H2. The molecule has 1 aliphatic rings. The molecule has 1 heterocycles. The molecule has 0 aliphatic carbocycles. The summed E-state index contributed by atoms with van der Waals surface area (Å²) in [5, 5.41) is 0.591. The SMILES string of the molecule is NCCN1CCN(S(=O)(=O)c2ccc(Cl)c(Cl)c2)CC1. The lowest BCUT2D eigenvalue weighted by Gasteiger charge is -2.33. The van der Waals surface area contributed by atoms with Gasteiger partial charge in [-0.2, -0.15) is 4.31 Å². The molecule has 1 fully saturated rings. The minimum absolute atomic E-state index is 0.180. The van der Waals surface area contributed by atoms with Crippen molar-refractivity contribution < 1.29 is 8.42 Å². The first-order valence-electron chi connectivity index (χ1n) is 6.33. The first-order chi connectivity index (χ1) is 9.45. The smallest absolute Gasteiger partial charge is 0.243 e. The number of halogens is 2. The van der Waals surface area contributed by atoms with Gasteiger partial charge in [-0.3, -0.25) is 4.90 Å². The molecule has 2 rings (SSSR count). The molecule has 0 aromatic heterocycles. The maximum absolute atomic E-state index is 12.5. The third-order valence-electron chi connectivity index (χ3n) is 3.31. The third kappa shape index (κ3) is 3.44. The molecule has 0 saturated carbocycles. The van der Waals surface area contributed by atoms with Crippen molar-refractivity contribution in [3.63, 3.8) is 0 Å². The van der Waals surface area contributed by atoms with Crippen LogP contribution in [0.1, 0.15) is 0 Å². The number of hydrogen-bond acceptors (Lipinski definition) is 4. The van der Waals surface area contributed by atoms with Gasteiger partial charge < -0.3 is 5.73 Å². The molecule has 1 aromatic rings. The fourth-order valence-corrected chi connectivity index (χ4v) is 3.97. The summed E-state index contributed by atoms with van der Waals surface area (Å²) >= 11 is 11.7. The van der Waals surface area contributed by atoms with Crippen molar-refractivity contribution >= 4 is 33.2 Å². The van der Waals surface area contributed by atoms with Crippen LogP contribution in [0.3, 0.4) is 0 Å². The molecular weight excluding hydrogens is 321 g/mol. The molecule has 0 spiro atoms. The first kappa shape index (κ1) is 16.0. The number of sulfonamides is 1. The van der Waals surface area contributed by atoms with Gasteiger partial charge in [0.25, 0.3) is 0 Å². The third-order valence-corrected chi connectivity index (χ3v) is 5.94.